The molecule has 2 rings (SSSR count). The quantitative estimate of drug-likeness (QED) is 0.845. The van der Waals surface area contributed by atoms with Crippen molar-refractivity contribution in [1.82, 2.24) is 9.97 Å². The zero-order valence-electron chi connectivity index (χ0n) is 12.1. The molecule has 106 valence electrons. The molecule has 0 atom stereocenters. The Bertz CT molecular complexity index is 549. The number of ether oxygens (including phenoxy) is 1. The van der Waals surface area contributed by atoms with E-state index in [-0.39, 0.29) is 0 Å². The minimum absolute atomic E-state index is 0.654. The van der Waals surface area contributed by atoms with Crippen molar-refractivity contribution in [2.24, 2.45) is 0 Å². The van der Waals surface area contributed by atoms with Gasteiger partial charge in [-0.2, -0.15) is 0 Å². The highest BCUT2D eigenvalue weighted by Crippen LogP contribution is 2.21. The fraction of sp³-hybridized carbons (Fsp3) is 0.333. The number of nitrogens with zero attached hydrogens (tertiary/aromatic N) is 2. The Morgan fingerprint density at radius 3 is 2.60 bits per heavy atom. The van der Waals surface area contributed by atoms with E-state index >= 15 is 0 Å². The molecule has 0 bridgehead atoms. The van der Waals surface area contributed by atoms with Gasteiger partial charge in [0.1, 0.15) is 23.2 Å². The van der Waals surface area contributed by atoms with Gasteiger partial charge in [-0.15, -0.1) is 0 Å². The smallest absolute Gasteiger partial charge is 0.136 e. The van der Waals surface area contributed by atoms with Crippen molar-refractivity contribution in [3.8, 4) is 5.75 Å². The molecule has 0 unspecified atom stereocenters. The van der Waals surface area contributed by atoms with Crippen LogP contribution in [0.5, 0.6) is 5.75 Å². The molecule has 0 spiro atoms. The van der Waals surface area contributed by atoms with Gasteiger partial charge in [0, 0.05) is 31.3 Å². The normalized spacial score (nSPS) is 10.2. The van der Waals surface area contributed by atoms with Crippen LogP contribution in [-0.2, 0) is 6.42 Å². The Balaban J connectivity index is 2.22. The van der Waals surface area contributed by atoms with E-state index in [4.69, 9.17) is 4.74 Å². The fourth-order valence-corrected chi connectivity index (χ4v) is 1.83. The van der Waals surface area contributed by atoms with Crippen LogP contribution in [0, 0.1) is 0 Å². The third kappa shape index (κ3) is 3.60. The van der Waals surface area contributed by atoms with Crippen LogP contribution in [-0.4, -0.2) is 23.6 Å². The summed E-state index contributed by atoms with van der Waals surface area (Å²) < 4.78 is 5.49. The molecular weight excluding hydrogens is 252 g/mol. The number of rotatable bonds is 6. The van der Waals surface area contributed by atoms with Crippen molar-refractivity contribution in [2.45, 2.75) is 20.3 Å². The Morgan fingerprint density at radius 1 is 1.10 bits per heavy atom. The van der Waals surface area contributed by atoms with Gasteiger partial charge in [-0.3, -0.25) is 0 Å². The zero-order valence-corrected chi connectivity index (χ0v) is 12.1. The Hall–Kier alpha value is -2.30. The van der Waals surface area contributed by atoms with Crippen LogP contribution in [0.4, 0.5) is 17.3 Å². The predicted octanol–water partition coefficient (Wildman–Crippen LogP) is 3.22. The van der Waals surface area contributed by atoms with Crippen LogP contribution >= 0.6 is 0 Å². The summed E-state index contributed by atoms with van der Waals surface area (Å²) in [5.74, 6) is 3.23. The molecule has 1 aromatic heterocycles. The van der Waals surface area contributed by atoms with Gasteiger partial charge in [0.05, 0.1) is 6.61 Å². The first-order valence-corrected chi connectivity index (χ1v) is 6.80. The predicted molar refractivity (Wildman–Crippen MR) is 81.9 cm³/mol. The number of aromatic nitrogens is 2. The lowest BCUT2D eigenvalue weighted by Gasteiger charge is -2.10. The molecule has 2 aromatic rings. The molecule has 0 aliphatic carbocycles. The summed E-state index contributed by atoms with van der Waals surface area (Å²) in [4.78, 5) is 8.84. The highest BCUT2D eigenvalue weighted by atomic mass is 16.5. The van der Waals surface area contributed by atoms with Gasteiger partial charge in [0.25, 0.3) is 0 Å². The van der Waals surface area contributed by atoms with Crippen LogP contribution in [0.15, 0.2) is 30.3 Å². The van der Waals surface area contributed by atoms with E-state index in [0.29, 0.717) is 6.61 Å². The lowest BCUT2D eigenvalue weighted by molar-refractivity contribution is 0.340. The molecule has 0 saturated carbocycles. The summed E-state index contributed by atoms with van der Waals surface area (Å²) in [5.41, 5.74) is 0.943. The maximum Gasteiger partial charge on any atom is 0.136 e. The Labute approximate surface area is 119 Å². The van der Waals surface area contributed by atoms with Gasteiger partial charge < -0.3 is 15.4 Å². The number of benzene rings is 1. The average molecular weight is 272 g/mol. The first-order chi connectivity index (χ1) is 9.75. The monoisotopic (exact) mass is 272 g/mol. The van der Waals surface area contributed by atoms with Crippen LogP contribution in [0.1, 0.15) is 19.7 Å². The first-order valence-electron chi connectivity index (χ1n) is 6.80. The average Bonchev–Trinajstić information content (AvgIpc) is 2.47. The maximum atomic E-state index is 5.49. The third-order valence-corrected chi connectivity index (χ3v) is 2.76. The molecule has 0 radical (unpaired) electrons. The van der Waals surface area contributed by atoms with Gasteiger partial charge in [-0.05, 0) is 19.1 Å². The van der Waals surface area contributed by atoms with E-state index in [1.165, 1.54) is 0 Å². The fourth-order valence-electron chi connectivity index (χ4n) is 1.83. The number of hydrogen-bond acceptors (Lipinski definition) is 5. The van der Waals surface area contributed by atoms with Crippen molar-refractivity contribution in [3.05, 3.63) is 36.2 Å². The Kier molecular flexibility index (Phi) is 4.76. The molecule has 0 aliphatic rings. The standard InChI is InChI=1S/C15H20N4O/c1-4-13-18-14(16-3)10-15(19-13)17-11-7-6-8-12(9-11)20-5-2/h6-10H,4-5H2,1-3H3,(H2,16,17,18,19). The van der Waals surface area contributed by atoms with E-state index in [1.54, 1.807) is 0 Å². The number of anilines is 3. The lowest BCUT2D eigenvalue weighted by atomic mass is 10.3. The lowest BCUT2D eigenvalue weighted by Crippen LogP contribution is -2.03. The Morgan fingerprint density at radius 2 is 1.90 bits per heavy atom. The molecule has 5 nitrogen and oxygen atoms in total. The topological polar surface area (TPSA) is 59.1 Å². The zero-order chi connectivity index (χ0) is 14.4. The van der Waals surface area contributed by atoms with Gasteiger partial charge in [-0.25, -0.2) is 9.97 Å². The second-order valence-electron chi connectivity index (χ2n) is 4.24. The molecule has 20 heavy (non-hydrogen) atoms. The second-order valence-corrected chi connectivity index (χ2v) is 4.24. The van der Waals surface area contributed by atoms with Crippen molar-refractivity contribution < 1.29 is 4.74 Å². The number of hydrogen-bond donors (Lipinski definition) is 2. The SMILES string of the molecule is CCOc1cccc(Nc2cc(NC)nc(CC)n2)c1. The van der Waals surface area contributed by atoms with Crippen LogP contribution in [0.3, 0.4) is 0 Å². The largest absolute Gasteiger partial charge is 0.494 e. The van der Waals surface area contributed by atoms with E-state index < -0.39 is 0 Å². The summed E-state index contributed by atoms with van der Waals surface area (Å²) in [6.07, 6.45) is 0.795. The molecule has 0 fully saturated rings. The summed E-state index contributed by atoms with van der Waals surface area (Å²) in [7, 11) is 1.85. The van der Waals surface area contributed by atoms with Gasteiger partial charge in [-0.1, -0.05) is 13.0 Å². The highest BCUT2D eigenvalue weighted by molar-refractivity contribution is 5.60. The summed E-state index contributed by atoms with van der Waals surface area (Å²) in [5, 5.41) is 6.32. The molecule has 2 N–H and O–H groups in total. The van der Waals surface area contributed by atoms with Crippen LogP contribution in [0.2, 0.25) is 0 Å². The molecular formula is C15H20N4O. The van der Waals surface area contributed by atoms with E-state index in [1.807, 2.05) is 51.2 Å². The third-order valence-electron chi connectivity index (χ3n) is 2.76. The highest BCUT2D eigenvalue weighted by Gasteiger charge is 2.03. The van der Waals surface area contributed by atoms with E-state index in [9.17, 15) is 0 Å². The van der Waals surface area contributed by atoms with Gasteiger partial charge in [0.2, 0.25) is 0 Å². The summed E-state index contributed by atoms with van der Waals surface area (Å²) in [6.45, 7) is 4.66. The summed E-state index contributed by atoms with van der Waals surface area (Å²) >= 11 is 0. The maximum absolute atomic E-state index is 5.49. The van der Waals surface area contributed by atoms with Crippen molar-refractivity contribution in [1.29, 1.82) is 0 Å². The number of aryl methyl sites for hydroxylation is 1. The van der Waals surface area contributed by atoms with Crippen LogP contribution < -0.4 is 15.4 Å². The summed E-state index contributed by atoms with van der Waals surface area (Å²) in [6, 6.07) is 9.71. The van der Waals surface area contributed by atoms with Crippen molar-refractivity contribution in [2.75, 3.05) is 24.3 Å². The van der Waals surface area contributed by atoms with Gasteiger partial charge in [0.15, 0.2) is 0 Å². The van der Waals surface area contributed by atoms with Crippen molar-refractivity contribution in [3.63, 3.8) is 0 Å². The molecule has 5 heteroatoms. The second kappa shape index (κ2) is 6.75. The molecule has 1 aromatic carbocycles. The number of nitrogens with one attached hydrogen (secondary N) is 2. The van der Waals surface area contributed by atoms with Crippen LogP contribution in [0.25, 0.3) is 0 Å². The van der Waals surface area contributed by atoms with E-state index in [0.717, 1.165) is 35.3 Å². The molecule has 0 saturated heterocycles. The molecule has 0 amide bonds. The minimum Gasteiger partial charge on any atom is -0.494 e. The first kappa shape index (κ1) is 14.1. The van der Waals surface area contributed by atoms with E-state index in [2.05, 4.69) is 20.6 Å². The van der Waals surface area contributed by atoms with Crippen molar-refractivity contribution >= 4 is 17.3 Å². The van der Waals surface area contributed by atoms with Gasteiger partial charge >= 0.3 is 0 Å². The molecule has 1 heterocycles. The molecule has 0 aliphatic heterocycles. The minimum atomic E-state index is 0.654.